The van der Waals surface area contributed by atoms with Crippen molar-refractivity contribution < 1.29 is 9.53 Å². The number of thiophene rings is 1. The van der Waals surface area contributed by atoms with Gasteiger partial charge < -0.3 is 10.1 Å². The number of carbonyl (C=O) groups is 1. The molecule has 0 fully saturated rings. The summed E-state index contributed by atoms with van der Waals surface area (Å²) in [6, 6.07) is 11.5. The number of ether oxygens (including phenoxy) is 1. The van der Waals surface area contributed by atoms with Crippen molar-refractivity contribution in [3.05, 3.63) is 57.4 Å². The Labute approximate surface area is 143 Å². The van der Waals surface area contributed by atoms with Crippen molar-refractivity contribution in [1.82, 2.24) is 0 Å². The van der Waals surface area contributed by atoms with Gasteiger partial charge in [-0.15, -0.1) is 11.3 Å². The molecule has 0 atom stereocenters. The minimum absolute atomic E-state index is 0.194. The number of carbonyl (C=O) groups excluding carboxylic acids is 1. The number of anilines is 1. The first kappa shape index (κ1) is 15.8. The van der Waals surface area contributed by atoms with E-state index in [1.54, 1.807) is 7.11 Å². The van der Waals surface area contributed by atoms with Gasteiger partial charge in [0.2, 0.25) is 0 Å². The smallest absolute Gasteiger partial charge is 0.267 e. The second-order valence-electron chi connectivity index (χ2n) is 5.44. The molecule has 0 saturated heterocycles. The van der Waals surface area contributed by atoms with Gasteiger partial charge in [0.15, 0.2) is 0 Å². The van der Waals surface area contributed by atoms with E-state index in [-0.39, 0.29) is 5.91 Å². The van der Waals surface area contributed by atoms with Crippen LogP contribution in [0.15, 0.2) is 36.4 Å². The molecule has 0 aliphatic carbocycles. The molecule has 0 bridgehead atoms. The first-order chi connectivity index (χ1) is 11.0. The number of benzene rings is 2. The number of amides is 1. The third kappa shape index (κ3) is 3.19. The van der Waals surface area contributed by atoms with Gasteiger partial charge in [-0.1, -0.05) is 17.7 Å². The van der Waals surface area contributed by atoms with Crippen molar-refractivity contribution in [3.8, 4) is 5.75 Å². The molecule has 1 heterocycles. The minimum atomic E-state index is -0.194. The summed E-state index contributed by atoms with van der Waals surface area (Å²) in [5.41, 5.74) is 2.98. The highest BCUT2D eigenvalue weighted by Crippen LogP contribution is 2.37. The monoisotopic (exact) mass is 345 g/mol. The maximum Gasteiger partial charge on any atom is 0.267 e. The first-order valence-electron chi connectivity index (χ1n) is 7.13. The van der Waals surface area contributed by atoms with E-state index < -0.39 is 0 Å². The SMILES string of the molecule is COc1ccc2c(Cl)c(C(=O)Nc3cc(C)cc(C)c3)sc2c1. The van der Waals surface area contributed by atoms with E-state index in [4.69, 9.17) is 16.3 Å². The molecule has 0 aliphatic heterocycles. The zero-order valence-electron chi connectivity index (χ0n) is 13.1. The van der Waals surface area contributed by atoms with E-state index in [2.05, 4.69) is 11.4 Å². The van der Waals surface area contributed by atoms with Crippen LogP contribution in [0, 0.1) is 13.8 Å². The minimum Gasteiger partial charge on any atom is -0.497 e. The Morgan fingerprint density at radius 1 is 1.13 bits per heavy atom. The molecule has 0 saturated carbocycles. The van der Waals surface area contributed by atoms with Gasteiger partial charge in [-0.25, -0.2) is 0 Å². The van der Waals surface area contributed by atoms with E-state index in [0.29, 0.717) is 9.90 Å². The first-order valence-corrected chi connectivity index (χ1v) is 8.33. The van der Waals surface area contributed by atoms with Gasteiger partial charge in [0.05, 0.1) is 12.1 Å². The molecule has 0 radical (unpaired) electrons. The summed E-state index contributed by atoms with van der Waals surface area (Å²) in [5.74, 6) is 0.553. The van der Waals surface area contributed by atoms with Crippen LogP contribution in [0.3, 0.4) is 0 Å². The zero-order chi connectivity index (χ0) is 16.6. The van der Waals surface area contributed by atoms with Crippen LogP contribution in [0.25, 0.3) is 10.1 Å². The summed E-state index contributed by atoms with van der Waals surface area (Å²) in [6.07, 6.45) is 0. The normalized spacial score (nSPS) is 10.8. The number of methoxy groups -OCH3 is 1. The van der Waals surface area contributed by atoms with Crippen molar-refractivity contribution in [2.45, 2.75) is 13.8 Å². The van der Waals surface area contributed by atoms with Crippen molar-refractivity contribution >= 4 is 44.6 Å². The highest BCUT2D eigenvalue weighted by atomic mass is 35.5. The van der Waals surface area contributed by atoms with E-state index in [1.807, 2.05) is 44.2 Å². The Hall–Kier alpha value is -2.04. The Morgan fingerprint density at radius 3 is 2.48 bits per heavy atom. The fraction of sp³-hybridized carbons (Fsp3) is 0.167. The molecule has 1 aromatic heterocycles. The van der Waals surface area contributed by atoms with Crippen LogP contribution in [0.4, 0.5) is 5.69 Å². The maximum absolute atomic E-state index is 12.6. The van der Waals surface area contributed by atoms with E-state index in [0.717, 1.165) is 32.6 Å². The second-order valence-corrected chi connectivity index (χ2v) is 6.87. The van der Waals surface area contributed by atoms with Gasteiger partial charge in [-0.05, 0) is 55.3 Å². The Balaban J connectivity index is 1.95. The molecule has 23 heavy (non-hydrogen) atoms. The lowest BCUT2D eigenvalue weighted by molar-refractivity contribution is 0.103. The molecule has 5 heteroatoms. The number of halogens is 1. The average molecular weight is 346 g/mol. The third-order valence-corrected chi connectivity index (χ3v) is 5.18. The molecule has 3 aromatic rings. The quantitative estimate of drug-likeness (QED) is 0.687. The van der Waals surface area contributed by atoms with Gasteiger partial charge in [0, 0.05) is 15.8 Å². The molecule has 118 valence electrons. The van der Waals surface area contributed by atoms with E-state index in [9.17, 15) is 4.79 Å². The number of nitrogens with one attached hydrogen (secondary N) is 1. The van der Waals surface area contributed by atoms with Crippen molar-refractivity contribution in [1.29, 1.82) is 0 Å². The summed E-state index contributed by atoms with van der Waals surface area (Å²) >= 11 is 7.75. The fourth-order valence-electron chi connectivity index (χ4n) is 2.55. The predicted molar refractivity (Wildman–Crippen MR) is 97.3 cm³/mol. The molecule has 2 aromatic carbocycles. The molecule has 3 nitrogen and oxygen atoms in total. The van der Waals surface area contributed by atoms with Crippen LogP contribution in [-0.4, -0.2) is 13.0 Å². The fourth-order valence-corrected chi connectivity index (χ4v) is 3.99. The van der Waals surface area contributed by atoms with Gasteiger partial charge in [0.1, 0.15) is 10.6 Å². The molecule has 1 N–H and O–H groups in total. The average Bonchev–Trinajstić information content (AvgIpc) is 2.82. The van der Waals surface area contributed by atoms with Crippen LogP contribution >= 0.6 is 22.9 Å². The lowest BCUT2D eigenvalue weighted by Crippen LogP contribution is -2.10. The lowest BCUT2D eigenvalue weighted by Gasteiger charge is -2.06. The summed E-state index contributed by atoms with van der Waals surface area (Å²) < 4.78 is 6.15. The standard InChI is InChI=1S/C18H16ClNO2S/c1-10-6-11(2)8-12(7-10)20-18(21)17-16(19)14-5-4-13(22-3)9-15(14)23-17/h4-9H,1-3H3,(H,20,21). The predicted octanol–water partition coefficient (Wildman–Crippen LogP) is 5.43. The summed E-state index contributed by atoms with van der Waals surface area (Å²) in [5, 5.41) is 4.27. The van der Waals surface area contributed by atoms with Crippen molar-refractivity contribution in [2.75, 3.05) is 12.4 Å². The maximum atomic E-state index is 12.6. The van der Waals surface area contributed by atoms with Crippen molar-refractivity contribution in [2.24, 2.45) is 0 Å². The third-order valence-electron chi connectivity index (χ3n) is 3.52. The summed E-state index contributed by atoms with van der Waals surface area (Å²) in [4.78, 5) is 13.1. The molecule has 3 rings (SSSR count). The Bertz CT molecular complexity index is 881. The van der Waals surface area contributed by atoms with E-state index in [1.165, 1.54) is 11.3 Å². The Morgan fingerprint density at radius 2 is 1.83 bits per heavy atom. The van der Waals surface area contributed by atoms with Gasteiger partial charge >= 0.3 is 0 Å². The van der Waals surface area contributed by atoms with Crippen LogP contribution in [-0.2, 0) is 0 Å². The molecule has 0 spiro atoms. The molecule has 0 aliphatic rings. The lowest BCUT2D eigenvalue weighted by atomic mass is 10.1. The largest absolute Gasteiger partial charge is 0.497 e. The number of aryl methyl sites for hydroxylation is 2. The van der Waals surface area contributed by atoms with Crippen LogP contribution in [0.1, 0.15) is 20.8 Å². The number of fused-ring (bicyclic) bond motifs is 1. The van der Waals surface area contributed by atoms with Crippen LogP contribution in [0.5, 0.6) is 5.75 Å². The summed E-state index contributed by atoms with van der Waals surface area (Å²) in [7, 11) is 1.62. The van der Waals surface area contributed by atoms with Gasteiger partial charge in [0.25, 0.3) is 5.91 Å². The zero-order valence-corrected chi connectivity index (χ0v) is 14.6. The number of hydrogen-bond donors (Lipinski definition) is 1. The number of hydrogen-bond acceptors (Lipinski definition) is 3. The second kappa shape index (κ2) is 6.22. The molecule has 0 unspecified atom stereocenters. The van der Waals surface area contributed by atoms with Crippen LogP contribution < -0.4 is 10.1 Å². The number of rotatable bonds is 3. The highest BCUT2D eigenvalue weighted by Gasteiger charge is 2.18. The summed E-state index contributed by atoms with van der Waals surface area (Å²) in [6.45, 7) is 4.00. The van der Waals surface area contributed by atoms with Crippen molar-refractivity contribution in [3.63, 3.8) is 0 Å². The molecular formula is C18H16ClNO2S. The molecular weight excluding hydrogens is 330 g/mol. The van der Waals surface area contributed by atoms with Gasteiger partial charge in [-0.2, -0.15) is 0 Å². The Kier molecular flexibility index (Phi) is 4.28. The molecule has 1 amide bonds. The highest BCUT2D eigenvalue weighted by molar-refractivity contribution is 7.21. The van der Waals surface area contributed by atoms with E-state index >= 15 is 0 Å². The van der Waals surface area contributed by atoms with Gasteiger partial charge in [-0.3, -0.25) is 4.79 Å². The topological polar surface area (TPSA) is 38.3 Å². The van der Waals surface area contributed by atoms with Crippen LogP contribution in [0.2, 0.25) is 5.02 Å².